The fourth-order valence-electron chi connectivity index (χ4n) is 3.42. The van der Waals surface area contributed by atoms with E-state index in [0.29, 0.717) is 17.1 Å². The van der Waals surface area contributed by atoms with Crippen LogP contribution in [-0.2, 0) is 11.2 Å². The topological polar surface area (TPSA) is 78.3 Å². The maximum absolute atomic E-state index is 14.6. The molecule has 1 atom stereocenters. The first-order valence-corrected chi connectivity index (χ1v) is 9.40. The fraction of sp³-hybridized carbons (Fsp3) is 0.286. The second kappa shape index (κ2) is 8.30. The molecule has 8 heteroatoms. The van der Waals surface area contributed by atoms with Gasteiger partial charge in [0.25, 0.3) is 5.91 Å². The van der Waals surface area contributed by atoms with E-state index in [2.05, 4.69) is 15.4 Å². The van der Waals surface area contributed by atoms with E-state index < -0.39 is 0 Å². The Hall–Kier alpha value is -3.42. The first kappa shape index (κ1) is 18.9. The number of carbonyl (C=O) groups is 1. The third-order valence-electron chi connectivity index (χ3n) is 4.81. The van der Waals surface area contributed by atoms with E-state index in [1.807, 2.05) is 18.2 Å². The molecule has 0 saturated carbocycles. The Morgan fingerprint density at radius 2 is 2.07 bits per heavy atom. The molecule has 2 aromatic carbocycles. The number of aromatic nitrogens is 3. The first-order chi connectivity index (χ1) is 14.1. The maximum Gasteiger partial charge on any atom is 0.264 e. The van der Waals surface area contributed by atoms with Gasteiger partial charge in [-0.25, -0.2) is 9.07 Å². The number of benzene rings is 2. The predicted octanol–water partition coefficient (Wildman–Crippen LogP) is 3.37. The summed E-state index contributed by atoms with van der Waals surface area (Å²) in [5, 5.41) is 7.06. The average Bonchev–Trinajstić information content (AvgIpc) is 3.15. The summed E-state index contributed by atoms with van der Waals surface area (Å²) in [6.07, 6.45) is 2.32. The van der Waals surface area contributed by atoms with E-state index in [1.54, 1.807) is 28.9 Å². The van der Waals surface area contributed by atoms with Gasteiger partial charge in [-0.3, -0.25) is 10.1 Å². The lowest BCUT2D eigenvalue weighted by Crippen LogP contribution is -2.22. The number of para-hydroxylation sites is 1. The summed E-state index contributed by atoms with van der Waals surface area (Å²) in [5.41, 5.74) is 0.530. The van der Waals surface area contributed by atoms with Gasteiger partial charge in [-0.05, 0) is 31.0 Å². The molecule has 1 aliphatic heterocycles. The van der Waals surface area contributed by atoms with Crippen LogP contribution in [0.4, 0.5) is 10.3 Å². The van der Waals surface area contributed by atoms with E-state index in [-0.39, 0.29) is 30.3 Å². The molecule has 7 nitrogen and oxygen atoms in total. The Morgan fingerprint density at radius 3 is 2.83 bits per heavy atom. The molecule has 1 aromatic heterocycles. The van der Waals surface area contributed by atoms with Crippen LogP contribution in [0.15, 0.2) is 48.5 Å². The molecule has 4 rings (SSSR count). The fourth-order valence-corrected chi connectivity index (χ4v) is 3.42. The standard InChI is InChI=1S/C21H21FN4O3/c1-28-15-10-11-16(17(22)12-15)18-8-5-9-19-23-21(25-26(18)19)24-20(27)13-29-14-6-3-2-4-7-14/h2-4,6-7,10-12,18H,5,8-9,13H2,1H3,(H,24,25,27). The number of aryl methyl sites for hydroxylation is 1. The van der Waals surface area contributed by atoms with Gasteiger partial charge in [0.05, 0.1) is 13.2 Å². The third-order valence-corrected chi connectivity index (χ3v) is 4.81. The molecule has 2 heterocycles. The van der Waals surface area contributed by atoms with Crippen LogP contribution in [-0.4, -0.2) is 34.4 Å². The molecule has 0 saturated heterocycles. The van der Waals surface area contributed by atoms with Gasteiger partial charge in [-0.1, -0.05) is 24.3 Å². The summed E-state index contributed by atoms with van der Waals surface area (Å²) in [4.78, 5) is 16.6. The molecular weight excluding hydrogens is 375 g/mol. The summed E-state index contributed by atoms with van der Waals surface area (Å²) >= 11 is 0. The Labute approximate surface area is 167 Å². The molecule has 0 spiro atoms. The highest BCUT2D eigenvalue weighted by molar-refractivity contribution is 5.90. The van der Waals surface area contributed by atoms with Crippen LogP contribution in [0.25, 0.3) is 0 Å². The number of hydrogen-bond donors (Lipinski definition) is 1. The highest BCUT2D eigenvalue weighted by Gasteiger charge is 2.27. The van der Waals surface area contributed by atoms with E-state index in [0.717, 1.165) is 25.1 Å². The van der Waals surface area contributed by atoms with E-state index >= 15 is 0 Å². The van der Waals surface area contributed by atoms with Crippen LogP contribution in [0.5, 0.6) is 11.5 Å². The lowest BCUT2D eigenvalue weighted by Gasteiger charge is -2.24. The quantitative estimate of drug-likeness (QED) is 0.691. The van der Waals surface area contributed by atoms with Gasteiger partial charge >= 0.3 is 0 Å². The zero-order valence-electron chi connectivity index (χ0n) is 16.0. The van der Waals surface area contributed by atoms with Crippen molar-refractivity contribution in [1.29, 1.82) is 0 Å². The van der Waals surface area contributed by atoms with Crippen LogP contribution in [0, 0.1) is 5.82 Å². The van der Waals surface area contributed by atoms with Crippen molar-refractivity contribution >= 4 is 11.9 Å². The van der Waals surface area contributed by atoms with Crippen molar-refractivity contribution in [3.05, 3.63) is 65.7 Å². The van der Waals surface area contributed by atoms with E-state index in [1.165, 1.54) is 13.2 Å². The summed E-state index contributed by atoms with van der Waals surface area (Å²) in [7, 11) is 1.50. The predicted molar refractivity (Wildman–Crippen MR) is 105 cm³/mol. The highest BCUT2D eigenvalue weighted by Crippen LogP contribution is 2.32. The Balaban J connectivity index is 1.48. The van der Waals surface area contributed by atoms with Crippen molar-refractivity contribution < 1.29 is 18.7 Å². The Kier molecular flexibility index (Phi) is 5.41. The summed E-state index contributed by atoms with van der Waals surface area (Å²) < 4.78 is 26.8. The van der Waals surface area contributed by atoms with E-state index in [9.17, 15) is 9.18 Å². The van der Waals surface area contributed by atoms with Crippen LogP contribution in [0.2, 0.25) is 0 Å². The van der Waals surface area contributed by atoms with Crippen molar-refractivity contribution in [1.82, 2.24) is 14.8 Å². The number of nitrogens with one attached hydrogen (secondary N) is 1. The van der Waals surface area contributed by atoms with Crippen molar-refractivity contribution in [3.63, 3.8) is 0 Å². The molecule has 3 aromatic rings. The van der Waals surface area contributed by atoms with Crippen molar-refractivity contribution in [3.8, 4) is 11.5 Å². The molecule has 29 heavy (non-hydrogen) atoms. The van der Waals surface area contributed by atoms with Gasteiger partial charge in [0.2, 0.25) is 5.95 Å². The number of fused-ring (bicyclic) bond motifs is 1. The minimum absolute atomic E-state index is 0.148. The number of anilines is 1. The molecule has 1 unspecified atom stereocenters. The van der Waals surface area contributed by atoms with Crippen molar-refractivity contribution in [2.45, 2.75) is 25.3 Å². The number of nitrogens with zero attached hydrogens (tertiary/aromatic N) is 3. The van der Waals surface area contributed by atoms with Gasteiger partial charge in [0.15, 0.2) is 6.61 Å². The second-order valence-corrected chi connectivity index (χ2v) is 6.74. The normalized spacial score (nSPS) is 15.4. The Morgan fingerprint density at radius 1 is 1.24 bits per heavy atom. The number of ether oxygens (including phenoxy) is 2. The summed E-state index contributed by atoms with van der Waals surface area (Å²) in [5.74, 6) is 1.28. The van der Waals surface area contributed by atoms with Crippen LogP contribution in [0.1, 0.15) is 30.3 Å². The summed E-state index contributed by atoms with van der Waals surface area (Å²) in [6, 6.07) is 13.6. The van der Waals surface area contributed by atoms with Gasteiger partial charge in [0, 0.05) is 18.1 Å². The number of methoxy groups -OCH3 is 1. The summed E-state index contributed by atoms with van der Waals surface area (Å²) in [6.45, 7) is -0.148. The van der Waals surface area contributed by atoms with Crippen LogP contribution >= 0.6 is 0 Å². The average molecular weight is 396 g/mol. The molecule has 0 aliphatic carbocycles. The number of rotatable bonds is 6. The van der Waals surface area contributed by atoms with E-state index in [4.69, 9.17) is 9.47 Å². The third kappa shape index (κ3) is 4.21. The Bertz CT molecular complexity index is 1010. The zero-order chi connectivity index (χ0) is 20.2. The number of hydrogen-bond acceptors (Lipinski definition) is 5. The SMILES string of the molecule is COc1ccc(C2CCCc3nc(NC(=O)COc4ccccc4)nn32)c(F)c1. The molecular formula is C21H21FN4O3. The minimum atomic E-state index is -0.357. The molecule has 1 N–H and O–H groups in total. The lowest BCUT2D eigenvalue weighted by atomic mass is 9.97. The largest absolute Gasteiger partial charge is 0.497 e. The number of halogens is 1. The smallest absolute Gasteiger partial charge is 0.264 e. The van der Waals surface area contributed by atoms with Crippen molar-refractivity contribution in [2.24, 2.45) is 0 Å². The lowest BCUT2D eigenvalue weighted by molar-refractivity contribution is -0.118. The number of carbonyl (C=O) groups excluding carboxylic acids is 1. The molecule has 1 amide bonds. The van der Waals surface area contributed by atoms with Gasteiger partial charge in [0.1, 0.15) is 23.1 Å². The first-order valence-electron chi connectivity index (χ1n) is 9.40. The molecule has 1 aliphatic rings. The van der Waals surface area contributed by atoms with Gasteiger partial charge in [-0.15, -0.1) is 5.10 Å². The van der Waals surface area contributed by atoms with Gasteiger partial charge in [-0.2, -0.15) is 4.98 Å². The number of amides is 1. The molecule has 0 bridgehead atoms. The van der Waals surface area contributed by atoms with Crippen LogP contribution in [0.3, 0.4) is 0 Å². The van der Waals surface area contributed by atoms with Gasteiger partial charge < -0.3 is 9.47 Å². The maximum atomic E-state index is 14.6. The van der Waals surface area contributed by atoms with Crippen molar-refractivity contribution in [2.75, 3.05) is 19.0 Å². The monoisotopic (exact) mass is 396 g/mol. The highest BCUT2D eigenvalue weighted by atomic mass is 19.1. The minimum Gasteiger partial charge on any atom is -0.497 e. The zero-order valence-corrected chi connectivity index (χ0v) is 16.0. The second-order valence-electron chi connectivity index (χ2n) is 6.74. The van der Waals surface area contributed by atoms with Crippen LogP contribution < -0.4 is 14.8 Å². The molecule has 0 fully saturated rings. The molecule has 150 valence electrons. The molecule has 0 radical (unpaired) electrons.